The lowest BCUT2D eigenvalue weighted by atomic mass is 10.0. The van der Waals surface area contributed by atoms with Crippen molar-refractivity contribution in [3.05, 3.63) is 59.9 Å². The molecular formula is C18H19FN6O. The number of nitrogens with one attached hydrogen (secondary N) is 1. The molecule has 1 aliphatic heterocycles. The third kappa shape index (κ3) is 3.17. The van der Waals surface area contributed by atoms with Gasteiger partial charge in [-0.2, -0.15) is 10.2 Å². The van der Waals surface area contributed by atoms with Gasteiger partial charge in [-0.3, -0.25) is 9.89 Å². The summed E-state index contributed by atoms with van der Waals surface area (Å²) in [5.41, 5.74) is 8.88. The Kier molecular flexibility index (Phi) is 4.16. The number of aromatic amines is 1. The molecule has 1 unspecified atom stereocenters. The van der Waals surface area contributed by atoms with E-state index in [1.807, 2.05) is 11.0 Å². The summed E-state index contributed by atoms with van der Waals surface area (Å²) in [6, 6.07) is 7.87. The first-order valence-electron chi connectivity index (χ1n) is 8.47. The molecule has 0 bridgehead atoms. The van der Waals surface area contributed by atoms with Gasteiger partial charge in [0.15, 0.2) is 0 Å². The molecule has 1 aliphatic rings. The average molecular weight is 354 g/mol. The van der Waals surface area contributed by atoms with E-state index in [0.717, 1.165) is 17.8 Å². The first-order chi connectivity index (χ1) is 12.6. The Morgan fingerprint density at radius 3 is 2.85 bits per heavy atom. The van der Waals surface area contributed by atoms with Gasteiger partial charge >= 0.3 is 0 Å². The van der Waals surface area contributed by atoms with Crippen molar-refractivity contribution < 1.29 is 9.18 Å². The number of halogens is 1. The third-order valence-electron chi connectivity index (χ3n) is 4.72. The second-order valence-electron chi connectivity index (χ2n) is 6.47. The van der Waals surface area contributed by atoms with E-state index in [1.54, 1.807) is 29.2 Å². The standard InChI is InChI=1S/C18H19FN6O/c19-13-1-3-15(4-2-13)25-8-6-14(23-25)9-17(26)24-7-5-12(11-24)18-16(20)10-21-22-18/h1-4,6,8,10,12H,5,7,9,11,20H2,(H,21,22). The number of carbonyl (C=O) groups is 1. The zero-order valence-electron chi connectivity index (χ0n) is 14.1. The Morgan fingerprint density at radius 1 is 1.31 bits per heavy atom. The van der Waals surface area contributed by atoms with E-state index in [2.05, 4.69) is 15.3 Å². The summed E-state index contributed by atoms with van der Waals surface area (Å²) in [4.78, 5) is 14.4. The second kappa shape index (κ2) is 6.62. The molecule has 1 amide bonds. The number of amides is 1. The summed E-state index contributed by atoms with van der Waals surface area (Å²) in [5, 5.41) is 11.3. The van der Waals surface area contributed by atoms with Crippen LogP contribution in [0.1, 0.15) is 23.7 Å². The monoisotopic (exact) mass is 354 g/mol. The molecule has 3 N–H and O–H groups in total. The molecule has 134 valence electrons. The number of rotatable bonds is 4. The van der Waals surface area contributed by atoms with Crippen molar-refractivity contribution >= 4 is 11.6 Å². The van der Waals surface area contributed by atoms with Crippen molar-refractivity contribution in [2.45, 2.75) is 18.8 Å². The fourth-order valence-electron chi connectivity index (χ4n) is 3.32. The Morgan fingerprint density at radius 2 is 2.12 bits per heavy atom. The highest BCUT2D eigenvalue weighted by atomic mass is 19.1. The number of carbonyl (C=O) groups excluding carboxylic acids is 1. The van der Waals surface area contributed by atoms with Gasteiger partial charge in [0, 0.05) is 25.2 Å². The molecule has 1 aromatic carbocycles. The van der Waals surface area contributed by atoms with Crippen LogP contribution in [0.25, 0.3) is 5.69 Å². The van der Waals surface area contributed by atoms with Crippen LogP contribution in [-0.2, 0) is 11.2 Å². The Labute approximate surface area is 149 Å². The van der Waals surface area contributed by atoms with Crippen molar-refractivity contribution in [3.8, 4) is 5.69 Å². The Bertz CT molecular complexity index is 916. The van der Waals surface area contributed by atoms with E-state index in [4.69, 9.17) is 5.73 Å². The van der Waals surface area contributed by atoms with Crippen LogP contribution in [0.2, 0.25) is 0 Å². The zero-order valence-corrected chi connectivity index (χ0v) is 14.1. The van der Waals surface area contributed by atoms with Crippen LogP contribution in [0.4, 0.5) is 10.1 Å². The van der Waals surface area contributed by atoms with Gasteiger partial charge in [0.05, 0.1) is 35.4 Å². The maximum Gasteiger partial charge on any atom is 0.228 e. The largest absolute Gasteiger partial charge is 0.396 e. The fraction of sp³-hybridized carbons (Fsp3) is 0.278. The van der Waals surface area contributed by atoms with E-state index in [-0.39, 0.29) is 24.1 Å². The lowest BCUT2D eigenvalue weighted by Crippen LogP contribution is -2.30. The van der Waals surface area contributed by atoms with Gasteiger partial charge in [-0.1, -0.05) is 0 Å². The topological polar surface area (TPSA) is 92.8 Å². The van der Waals surface area contributed by atoms with E-state index in [1.165, 1.54) is 12.1 Å². The molecule has 7 nitrogen and oxygen atoms in total. The first-order valence-corrected chi connectivity index (χ1v) is 8.47. The summed E-state index contributed by atoms with van der Waals surface area (Å²) in [6.07, 6.45) is 4.47. The van der Waals surface area contributed by atoms with Crippen molar-refractivity contribution in [2.75, 3.05) is 18.8 Å². The first kappa shape index (κ1) is 16.3. The number of nitrogens with zero attached hydrogens (tertiary/aromatic N) is 4. The number of benzene rings is 1. The minimum absolute atomic E-state index is 0.0370. The molecule has 1 saturated heterocycles. The summed E-state index contributed by atoms with van der Waals surface area (Å²) in [6.45, 7) is 1.32. The summed E-state index contributed by atoms with van der Waals surface area (Å²) >= 11 is 0. The lowest BCUT2D eigenvalue weighted by Gasteiger charge is -2.15. The number of aromatic nitrogens is 4. The normalized spacial score (nSPS) is 17.0. The smallest absolute Gasteiger partial charge is 0.228 e. The van der Waals surface area contributed by atoms with Gasteiger partial charge in [-0.25, -0.2) is 9.07 Å². The van der Waals surface area contributed by atoms with Crippen LogP contribution in [-0.4, -0.2) is 43.9 Å². The van der Waals surface area contributed by atoms with Crippen LogP contribution >= 0.6 is 0 Å². The molecule has 2 aromatic heterocycles. The van der Waals surface area contributed by atoms with Gasteiger partial charge in [0.25, 0.3) is 0 Å². The maximum atomic E-state index is 13.0. The quantitative estimate of drug-likeness (QED) is 0.748. The molecule has 8 heteroatoms. The average Bonchev–Trinajstić information content (AvgIpc) is 3.35. The molecule has 0 saturated carbocycles. The van der Waals surface area contributed by atoms with Gasteiger partial charge < -0.3 is 10.6 Å². The number of nitrogen functional groups attached to an aromatic ring is 1. The van der Waals surface area contributed by atoms with Crippen molar-refractivity contribution in [1.82, 2.24) is 24.9 Å². The number of hydrogen-bond acceptors (Lipinski definition) is 4. The maximum absolute atomic E-state index is 13.0. The number of nitrogens with two attached hydrogens (primary N) is 1. The van der Waals surface area contributed by atoms with Gasteiger partial charge in [-0.15, -0.1) is 0 Å². The highest BCUT2D eigenvalue weighted by Gasteiger charge is 2.29. The SMILES string of the molecule is Nc1cn[nH]c1C1CCN(C(=O)Cc2ccn(-c3ccc(F)cc3)n2)C1. The van der Waals surface area contributed by atoms with Crippen molar-refractivity contribution in [1.29, 1.82) is 0 Å². The molecule has 3 aromatic rings. The summed E-state index contributed by atoms with van der Waals surface area (Å²) in [5.74, 6) is -0.0639. The third-order valence-corrected chi connectivity index (χ3v) is 4.72. The minimum Gasteiger partial charge on any atom is -0.396 e. The van der Waals surface area contributed by atoms with Crippen LogP contribution in [0.15, 0.2) is 42.7 Å². The highest BCUT2D eigenvalue weighted by Crippen LogP contribution is 2.29. The van der Waals surface area contributed by atoms with E-state index < -0.39 is 0 Å². The molecule has 26 heavy (non-hydrogen) atoms. The number of hydrogen-bond donors (Lipinski definition) is 2. The molecule has 0 aliphatic carbocycles. The number of H-pyrrole nitrogens is 1. The zero-order chi connectivity index (χ0) is 18.1. The number of anilines is 1. The van der Waals surface area contributed by atoms with Crippen LogP contribution in [0.5, 0.6) is 0 Å². The molecule has 0 spiro atoms. The fourth-order valence-corrected chi connectivity index (χ4v) is 3.32. The summed E-state index contributed by atoms with van der Waals surface area (Å²) in [7, 11) is 0. The molecule has 0 radical (unpaired) electrons. The predicted octanol–water partition coefficient (Wildman–Crippen LogP) is 1.88. The highest BCUT2D eigenvalue weighted by molar-refractivity contribution is 5.78. The minimum atomic E-state index is -0.294. The van der Waals surface area contributed by atoms with Crippen molar-refractivity contribution in [3.63, 3.8) is 0 Å². The predicted molar refractivity (Wildman–Crippen MR) is 94.2 cm³/mol. The second-order valence-corrected chi connectivity index (χ2v) is 6.47. The molecule has 1 atom stereocenters. The van der Waals surface area contributed by atoms with Crippen LogP contribution < -0.4 is 5.73 Å². The molecule has 4 rings (SSSR count). The van der Waals surface area contributed by atoms with Gasteiger partial charge in [0.1, 0.15) is 5.82 Å². The lowest BCUT2D eigenvalue weighted by molar-refractivity contribution is -0.129. The van der Waals surface area contributed by atoms with E-state index in [9.17, 15) is 9.18 Å². The van der Waals surface area contributed by atoms with E-state index >= 15 is 0 Å². The van der Waals surface area contributed by atoms with Crippen molar-refractivity contribution in [2.24, 2.45) is 0 Å². The molecular weight excluding hydrogens is 335 g/mol. The van der Waals surface area contributed by atoms with E-state index in [0.29, 0.717) is 24.5 Å². The van der Waals surface area contributed by atoms with Gasteiger partial charge in [-0.05, 0) is 36.8 Å². The number of likely N-dealkylation sites (tertiary alicyclic amines) is 1. The Balaban J connectivity index is 1.40. The van der Waals surface area contributed by atoms with Crippen LogP contribution in [0.3, 0.4) is 0 Å². The van der Waals surface area contributed by atoms with Crippen LogP contribution in [0, 0.1) is 5.82 Å². The van der Waals surface area contributed by atoms with Gasteiger partial charge in [0.2, 0.25) is 5.91 Å². The molecule has 3 heterocycles. The Hall–Kier alpha value is -3.16. The molecule has 1 fully saturated rings. The summed E-state index contributed by atoms with van der Waals surface area (Å²) < 4.78 is 14.7.